The van der Waals surface area contributed by atoms with Crippen LogP contribution in [0.25, 0.3) is 10.8 Å². The summed E-state index contributed by atoms with van der Waals surface area (Å²) in [5.41, 5.74) is 6.69. The van der Waals surface area contributed by atoms with E-state index in [1.807, 2.05) is 47.2 Å². The van der Waals surface area contributed by atoms with Gasteiger partial charge in [0.05, 0.1) is 35.6 Å². The zero-order valence-electron chi connectivity index (χ0n) is 16.5. The van der Waals surface area contributed by atoms with Crippen molar-refractivity contribution in [2.75, 3.05) is 37.2 Å². The van der Waals surface area contributed by atoms with Crippen molar-refractivity contribution in [3.63, 3.8) is 0 Å². The summed E-state index contributed by atoms with van der Waals surface area (Å²) in [6.07, 6.45) is 4.43. The van der Waals surface area contributed by atoms with Crippen LogP contribution >= 0.6 is 0 Å². The number of anilines is 3. The topological polar surface area (TPSA) is 49.7 Å². The van der Waals surface area contributed by atoms with Crippen LogP contribution < -0.4 is 20.7 Å². The van der Waals surface area contributed by atoms with Gasteiger partial charge in [-0.05, 0) is 68.2 Å². The Kier molecular flexibility index (Phi) is 3.65. The van der Waals surface area contributed by atoms with E-state index in [9.17, 15) is 4.79 Å². The lowest BCUT2D eigenvalue weighted by Gasteiger charge is -2.45. The van der Waals surface area contributed by atoms with E-state index in [2.05, 4.69) is 21.4 Å². The van der Waals surface area contributed by atoms with E-state index in [4.69, 9.17) is 4.74 Å². The molecular weight excluding hydrogens is 364 g/mol. The molecule has 3 saturated heterocycles. The molecule has 0 aliphatic carbocycles. The number of nitrogens with zero attached hydrogens (tertiary/aromatic N) is 3. The smallest absolute Gasteiger partial charge is 0.258 e. The number of hydrogen-bond donors (Lipinski definition) is 1. The molecule has 29 heavy (non-hydrogen) atoms. The first-order valence-electron chi connectivity index (χ1n) is 10.3. The number of hydrogen-bond acceptors (Lipinski definition) is 5. The van der Waals surface area contributed by atoms with Gasteiger partial charge in [0, 0.05) is 18.1 Å². The van der Waals surface area contributed by atoms with Crippen molar-refractivity contribution >= 4 is 27.8 Å². The van der Waals surface area contributed by atoms with Crippen LogP contribution in [0.3, 0.4) is 0 Å². The monoisotopic (exact) mass is 388 g/mol. The first kappa shape index (κ1) is 16.9. The van der Waals surface area contributed by atoms with Crippen LogP contribution in [-0.4, -0.2) is 36.2 Å². The largest absolute Gasteiger partial charge is 0.497 e. The summed E-state index contributed by atoms with van der Waals surface area (Å²) in [5.74, 6) is 1.43. The Hall–Kier alpha value is -2.99. The normalized spacial score (nSPS) is 24.7. The molecule has 1 N–H and O–H groups in total. The lowest BCUT2D eigenvalue weighted by molar-refractivity contribution is 0.0557. The van der Waals surface area contributed by atoms with Crippen LogP contribution in [0.15, 0.2) is 53.5 Å². The van der Waals surface area contributed by atoms with Crippen molar-refractivity contribution < 1.29 is 4.74 Å². The minimum absolute atomic E-state index is 0.128. The third-order valence-electron chi connectivity index (χ3n) is 6.83. The fourth-order valence-electron chi connectivity index (χ4n) is 5.28. The van der Waals surface area contributed by atoms with Crippen LogP contribution in [0.4, 0.5) is 17.1 Å². The standard InChI is InChI=1S/C23H24N4O2/c1-29-17-7-5-16(6-8-17)27-20-4-2-3-18-22(20)19(24-27)13-26(23(18)28)21-14-25-11-9-15(21)10-12-25/h2-8,13,15,21,24H,9-12,14H2,1H3/t21-/m0/s1. The Labute approximate surface area is 169 Å². The summed E-state index contributed by atoms with van der Waals surface area (Å²) in [5, 5.41) is 3.85. The molecule has 1 atom stereocenters. The second kappa shape index (κ2) is 6.26. The van der Waals surface area contributed by atoms with E-state index < -0.39 is 0 Å². The predicted octanol–water partition coefficient (Wildman–Crippen LogP) is 3.76. The van der Waals surface area contributed by atoms with Crippen LogP contribution in [0, 0.1) is 5.92 Å². The van der Waals surface area contributed by atoms with Crippen LogP contribution in [0.5, 0.6) is 5.75 Å². The third-order valence-corrected chi connectivity index (χ3v) is 6.83. The van der Waals surface area contributed by atoms with Gasteiger partial charge in [-0.2, -0.15) is 0 Å². The molecule has 148 valence electrons. The molecule has 0 unspecified atom stereocenters. The Morgan fingerprint density at radius 2 is 1.86 bits per heavy atom. The van der Waals surface area contributed by atoms with E-state index in [0.717, 1.165) is 40.1 Å². The predicted molar refractivity (Wildman–Crippen MR) is 115 cm³/mol. The molecule has 1 aromatic heterocycles. The molecule has 4 aliphatic heterocycles. The second-order valence-corrected chi connectivity index (χ2v) is 8.31. The van der Waals surface area contributed by atoms with Crippen molar-refractivity contribution in [1.82, 2.24) is 9.47 Å². The quantitative estimate of drug-likeness (QED) is 0.741. The van der Waals surface area contributed by atoms with Crippen LogP contribution in [0.1, 0.15) is 18.9 Å². The summed E-state index contributed by atoms with van der Waals surface area (Å²) in [6, 6.07) is 14.2. The molecule has 2 aromatic carbocycles. The van der Waals surface area contributed by atoms with E-state index in [1.54, 1.807) is 7.11 Å². The number of ether oxygens (including phenoxy) is 1. The molecule has 2 bridgehead atoms. The Balaban J connectivity index is 1.46. The number of hydrazine groups is 1. The van der Waals surface area contributed by atoms with Crippen LogP contribution in [0.2, 0.25) is 0 Å². The fourth-order valence-corrected chi connectivity index (χ4v) is 5.28. The number of aromatic nitrogens is 1. The lowest BCUT2D eigenvalue weighted by Crippen LogP contribution is -2.49. The Morgan fingerprint density at radius 1 is 1.07 bits per heavy atom. The van der Waals surface area contributed by atoms with Gasteiger partial charge >= 0.3 is 0 Å². The maximum atomic E-state index is 13.4. The first-order valence-corrected chi connectivity index (χ1v) is 10.3. The average molecular weight is 388 g/mol. The zero-order valence-corrected chi connectivity index (χ0v) is 16.5. The van der Waals surface area contributed by atoms with Crippen molar-refractivity contribution in [2.24, 2.45) is 5.92 Å². The molecule has 6 nitrogen and oxygen atoms in total. The van der Waals surface area contributed by atoms with Gasteiger partial charge in [0.15, 0.2) is 0 Å². The summed E-state index contributed by atoms with van der Waals surface area (Å²) in [6.45, 7) is 3.32. The lowest BCUT2D eigenvalue weighted by atomic mass is 9.83. The van der Waals surface area contributed by atoms with E-state index >= 15 is 0 Å². The van der Waals surface area contributed by atoms with Gasteiger partial charge in [-0.15, -0.1) is 0 Å². The minimum atomic E-state index is 0.128. The summed E-state index contributed by atoms with van der Waals surface area (Å²) >= 11 is 0. The summed E-state index contributed by atoms with van der Waals surface area (Å²) < 4.78 is 7.29. The van der Waals surface area contributed by atoms with Crippen LogP contribution in [-0.2, 0) is 0 Å². The molecule has 3 aromatic rings. The highest BCUT2D eigenvalue weighted by Crippen LogP contribution is 2.43. The number of pyridine rings is 1. The van der Waals surface area contributed by atoms with Gasteiger partial charge in [-0.25, -0.2) is 0 Å². The highest BCUT2D eigenvalue weighted by Gasteiger charge is 2.36. The van der Waals surface area contributed by atoms with Crippen molar-refractivity contribution in [3.05, 3.63) is 59.0 Å². The van der Waals surface area contributed by atoms with E-state index in [0.29, 0.717) is 5.92 Å². The maximum absolute atomic E-state index is 13.4. The molecule has 0 spiro atoms. The Bertz CT molecular complexity index is 1150. The molecule has 0 saturated carbocycles. The molecule has 3 fully saturated rings. The third kappa shape index (κ3) is 2.48. The second-order valence-electron chi connectivity index (χ2n) is 8.31. The van der Waals surface area contributed by atoms with Crippen molar-refractivity contribution in [1.29, 1.82) is 0 Å². The van der Waals surface area contributed by atoms with Gasteiger partial charge < -0.3 is 14.2 Å². The highest BCUT2D eigenvalue weighted by molar-refractivity contribution is 6.08. The highest BCUT2D eigenvalue weighted by atomic mass is 16.5. The van der Waals surface area contributed by atoms with Gasteiger partial charge in [0.25, 0.3) is 5.56 Å². The molecule has 4 aliphatic rings. The zero-order chi connectivity index (χ0) is 19.5. The van der Waals surface area contributed by atoms with Gasteiger partial charge in [0.1, 0.15) is 5.75 Å². The van der Waals surface area contributed by atoms with Gasteiger partial charge in [0.2, 0.25) is 0 Å². The minimum Gasteiger partial charge on any atom is -0.497 e. The average Bonchev–Trinajstić information content (AvgIpc) is 3.16. The molecule has 0 amide bonds. The molecule has 5 heterocycles. The SMILES string of the molecule is COc1ccc(N2Nc3cn([C@H]4CN5CCC4CC5)c(=O)c4cccc2c34)cc1. The first-order chi connectivity index (χ1) is 14.2. The number of rotatable bonds is 3. The maximum Gasteiger partial charge on any atom is 0.258 e. The number of methoxy groups -OCH3 is 1. The molecule has 0 radical (unpaired) electrons. The summed E-state index contributed by atoms with van der Waals surface area (Å²) in [4.78, 5) is 15.9. The number of piperidine rings is 3. The molecule has 7 rings (SSSR count). The number of nitrogens with one attached hydrogen (secondary N) is 1. The molecule has 6 heteroatoms. The number of fused-ring (bicyclic) bond motifs is 3. The van der Waals surface area contributed by atoms with Crippen molar-refractivity contribution in [3.8, 4) is 5.75 Å². The fraction of sp³-hybridized carbons (Fsp3) is 0.348. The Morgan fingerprint density at radius 3 is 2.55 bits per heavy atom. The van der Waals surface area contributed by atoms with E-state index in [1.165, 1.54) is 25.9 Å². The van der Waals surface area contributed by atoms with Gasteiger partial charge in [-0.1, -0.05) is 6.07 Å². The number of benzene rings is 2. The summed E-state index contributed by atoms with van der Waals surface area (Å²) in [7, 11) is 1.67. The van der Waals surface area contributed by atoms with Crippen molar-refractivity contribution in [2.45, 2.75) is 18.9 Å². The van der Waals surface area contributed by atoms with Gasteiger partial charge in [-0.3, -0.25) is 15.2 Å². The van der Waals surface area contributed by atoms with E-state index in [-0.39, 0.29) is 11.6 Å². The molecular formula is C23H24N4O2.